The van der Waals surface area contributed by atoms with E-state index in [1.54, 1.807) is 18.3 Å². The van der Waals surface area contributed by atoms with E-state index in [0.717, 1.165) is 11.3 Å². The third-order valence-electron chi connectivity index (χ3n) is 2.72. The molecule has 98 valence electrons. The van der Waals surface area contributed by atoms with E-state index >= 15 is 0 Å². The molecule has 0 saturated carbocycles. The molecule has 1 N–H and O–H groups in total. The quantitative estimate of drug-likeness (QED) is 0.679. The second-order valence-corrected chi connectivity index (χ2v) is 4.63. The fourth-order valence-electron chi connectivity index (χ4n) is 1.63. The van der Waals surface area contributed by atoms with Crippen molar-refractivity contribution in [1.29, 1.82) is 0 Å². The molecular formula is C14H14ClN3O. The van der Waals surface area contributed by atoms with E-state index in [0.29, 0.717) is 10.6 Å². The highest BCUT2D eigenvalue weighted by molar-refractivity contribution is 6.33. The van der Waals surface area contributed by atoms with Crippen molar-refractivity contribution in [1.82, 2.24) is 9.99 Å². The number of amides is 1. The minimum atomic E-state index is -0.324. The van der Waals surface area contributed by atoms with Crippen LogP contribution in [0.2, 0.25) is 5.02 Å². The molecule has 0 bridgehead atoms. The molecule has 1 aromatic carbocycles. The monoisotopic (exact) mass is 275 g/mol. The van der Waals surface area contributed by atoms with Gasteiger partial charge in [-0.15, -0.1) is 0 Å². The summed E-state index contributed by atoms with van der Waals surface area (Å²) in [6.07, 6.45) is 3.49. The third kappa shape index (κ3) is 3.23. The van der Waals surface area contributed by atoms with Crippen molar-refractivity contribution in [3.8, 4) is 0 Å². The Labute approximate surface area is 116 Å². The maximum Gasteiger partial charge on any atom is 0.272 e. The first-order valence-corrected chi connectivity index (χ1v) is 6.16. The largest absolute Gasteiger partial charge is 0.350 e. The fourth-order valence-corrected chi connectivity index (χ4v) is 1.95. The Morgan fingerprint density at radius 1 is 1.42 bits per heavy atom. The van der Waals surface area contributed by atoms with Crippen LogP contribution in [-0.4, -0.2) is 16.7 Å². The third-order valence-corrected chi connectivity index (χ3v) is 3.03. The summed E-state index contributed by atoms with van der Waals surface area (Å²) >= 11 is 6.01. The van der Waals surface area contributed by atoms with Crippen LogP contribution in [0.5, 0.6) is 0 Å². The number of halogens is 1. The first-order chi connectivity index (χ1) is 9.08. The fraction of sp³-hybridized carbons (Fsp3) is 0.143. The topological polar surface area (TPSA) is 46.4 Å². The van der Waals surface area contributed by atoms with Gasteiger partial charge in [0.15, 0.2) is 0 Å². The molecule has 2 aromatic rings. The van der Waals surface area contributed by atoms with Crippen LogP contribution in [0.4, 0.5) is 0 Å². The molecule has 1 amide bonds. The standard InChI is InChI=1S/C14H14ClN3O/c1-10-5-6-12(13(15)8-10)14(19)17-16-9-11-4-3-7-18(11)2/h3-9H,1-2H3,(H,17,19). The summed E-state index contributed by atoms with van der Waals surface area (Å²) in [5.74, 6) is -0.324. The number of benzene rings is 1. The molecule has 0 fully saturated rings. The number of nitrogens with zero attached hydrogens (tertiary/aromatic N) is 2. The van der Waals surface area contributed by atoms with Gasteiger partial charge in [0.2, 0.25) is 0 Å². The van der Waals surface area contributed by atoms with Crippen LogP contribution in [0.1, 0.15) is 21.6 Å². The highest BCUT2D eigenvalue weighted by atomic mass is 35.5. The summed E-state index contributed by atoms with van der Waals surface area (Å²) in [5, 5.41) is 4.33. The van der Waals surface area contributed by atoms with Gasteiger partial charge in [0, 0.05) is 13.2 Å². The van der Waals surface area contributed by atoms with Crippen LogP contribution in [0, 0.1) is 6.92 Å². The number of hydrogen-bond donors (Lipinski definition) is 1. The highest BCUT2D eigenvalue weighted by Crippen LogP contribution is 2.17. The predicted molar refractivity (Wildman–Crippen MR) is 76.7 cm³/mol. The Kier molecular flexibility index (Phi) is 4.02. The molecule has 0 radical (unpaired) electrons. The molecule has 19 heavy (non-hydrogen) atoms. The van der Waals surface area contributed by atoms with Gasteiger partial charge in [-0.25, -0.2) is 5.43 Å². The number of nitrogens with one attached hydrogen (secondary N) is 1. The van der Waals surface area contributed by atoms with Crippen molar-refractivity contribution in [3.05, 3.63) is 58.4 Å². The Morgan fingerprint density at radius 2 is 2.21 bits per heavy atom. The predicted octanol–water partition coefficient (Wildman–Crippen LogP) is 2.75. The highest BCUT2D eigenvalue weighted by Gasteiger charge is 2.08. The minimum Gasteiger partial charge on any atom is -0.350 e. The van der Waals surface area contributed by atoms with E-state index in [9.17, 15) is 4.79 Å². The van der Waals surface area contributed by atoms with Crippen LogP contribution >= 0.6 is 11.6 Å². The first kappa shape index (κ1) is 13.4. The molecule has 4 nitrogen and oxygen atoms in total. The molecule has 1 aromatic heterocycles. The molecule has 0 spiro atoms. The summed E-state index contributed by atoms with van der Waals surface area (Å²) in [4.78, 5) is 11.9. The van der Waals surface area contributed by atoms with Crippen LogP contribution < -0.4 is 5.43 Å². The summed E-state index contributed by atoms with van der Waals surface area (Å²) in [6, 6.07) is 9.07. The molecule has 0 saturated heterocycles. The Hall–Kier alpha value is -2.07. The summed E-state index contributed by atoms with van der Waals surface area (Å²) in [6.45, 7) is 1.92. The van der Waals surface area contributed by atoms with Crippen molar-refractivity contribution in [2.75, 3.05) is 0 Å². The van der Waals surface area contributed by atoms with Gasteiger partial charge in [-0.05, 0) is 36.8 Å². The van der Waals surface area contributed by atoms with E-state index in [1.165, 1.54) is 0 Å². The van der Waals surface area contributed by atoms with Crippen LogP contribution in [-0.2, 0) is 7.05 Å². The number of hydrogen-bond acceptors (Lipinski definition) is 2. The van der Waals surface area contributed by atoms with Crippen molar-refractivity contribution in [2.24, 2.45) is 12.1 Å². The number of hydrazone groups is 1. The van der Waals surface area contributed by atoms with E-state index in [2.05, 4.69) is 10.5 Å². The van der Waals surface area contributed by atoms with E-state index in [1.807, 2.05) is 42.9 Å². The molecule has 0 atom stereocenters. The number of aromatic nitrogens is 1. The van der Waals surface area contributed by atoms with Crippen LogP contribution in [0.3, 0.4) is 0 Å². The summed E-state index contributed by atoms with van der Waals surface area (Å²) in [7, 11) is 1.90. The zero-order valence-corrected chi connectivity index (χ0v) is 11.5. The van der Waals surface area contributed by atoms with Gasteiger partial charge in [0.25, 0.3) is 5.91 Å². The maximum absolute atomic E-state index is 11.9. The van der Waals surface area contributed by atoms with Crippen LogP contribution in [0.15, 0.2) is 41.6 Å². The lowest BCUT2D eigenvalue weighted by molar-refractivity contribution is 0.0955. The summed E-state index contributed by atoms with van der Waals surface area (Å²) < 4.78 is 1.90. The molecule has 5 heteroatoms. The SMILES string of the molecule is Cc1ccc(C(=O)NN=Cc2cccn2C)c(Cl)c1. The zero-order chi connectivity index (χ0) is 13.8. The van der Waals surface area contributed by atoms with Crippen molar-refractivity contribution < 1.29 is 4.79 Å². The lowest BCUT2D eigenvalue weighted by atomic mass is 10.1. The average molecular weight is 276 g/mol. The molecule has 2 rings (SSSR count). The summed E-state index contributed by atoms with van der Waals surface area (Å²) in [5.41, 5.74) is 4.78. The zero-order valence-electron chi connectivity index (χ0n) is 10.7. The number of carbonyl (C=O) groups excluding carboxylic acids is 1. The van der Waals surface area contributed by atoms with Crippen molar-refractivity contribution >= 4 is 23.7 Å². The molecule has 0 aliphatic rings. The van der Waals surface area contributed by atoms with Gasteiger partial charge in [-0.3, -0.25) is 4.79 Å². The minimum absolute atomic E-state index is 0.324. The second kappa shape index (κ2) is 5.71. The van der Waals surface area contributed by atoms with E-state index in [-0.39, 0.29) is 5.91 Å². The number of rotatable bonds is 3. The van der Waals surface area contributed by atoms with Gasteiger partial charge in [0.05, 0.1) is 22.5 Å². The Bertz CT molecular complexity index is 631. The van der Waals surface area contributed by atoms with Crippen molar-refractivity contribution in [3.63, 3.8) is 0 Å². The van der Waals surface area contributed by atoms with E-state index in [4.69, 9.17) is 11.6 Å². The smallest absolute Gasteiger partial charge is 0.272 e. The molecule has 0 aliphatic heterocycles. The Balaban J connectivity index is 2.06. The van der Waals surface area contributed by atoms with Gasteiger partial charge in [0.1, 0.15) is 0 Å². The Morgan fingerprint density at radius 3 is 2.84 bits per heavy atom. The normalized spacial score (nSPS) is 10.9. The van der Waals surface area contributed by atoms with Gasteiger partial charge >= 0.3 is 0 Å². The molecule has 0 aliphatic carbocycles. The number of carbonyl (C=O) groups is 1. The molecule has 0 unspecified atom stereocenters. The lowest BCUT2D eigenvalue weighted by Gasteiger charge is -2.03. The van der Waals surface area contributed by atoms with Gasteiger partial charge in [-0.1, -0.05) is 17.7 Å². The lowest BCUT2D eigenvalue weighted by Crippen LogP contribution is -2.18. The molecular weight excluding hydrogens is 262 g/mol. The van der Waals surface area contributed by atoms with Crippen molar-refractivity contribution in [2.45, 2.75) is 6.92 Å². The number of aryl methyl sites for hydroxylation is 2. The average Bonchev–Trinajstić information content (AvgIpc) is 2.75. The van der Waals surface area contributed by atoms with Gasteiger partial charge in [-0.2, -0.15) is 5.10 Å². The van der Waals surface area contributed by atoms with E-state index < -0.39 is 0 Å². The first-order valence-electron chi connectivity index (χ1n) is 5.79. The second-order valence-electron chi connectivity index (χ2n) is 4.23. The maximum atomic E-state index is 11.9. The van der Waals surface area contributed by atoms with Crippen LogP contribution in [0.25, 0.3) is 0 Å². The van der Waals surface area contributed by atoms with Gasteiger partial charge < -0.3 is 4.57 Å². The molecule has 1 heterocycles.